The smallest absolute Gasteiger partial charge is 0.355 e. The van der Waals surface area contributed by atoms with Crippen molar-refractivity contribution in [3.63, 3.8) is 0 Å². The Kier molecular flexibility index (Phi) is 3.05. The van der Waals surface area contributed by atoms with Gasteiger partial charge in [-0.25, -0.2) is 4.79 Å². The summed E-state index contributed by atoms with van der Waals surface area (Å²) in [6.07, 6.45) is 2.51. The van der Waals surface area contributed by atoms with Gasteiger partial charge in [0.1, 0.15) is 5.69 Å². The number of para-hydroxylation sites is 1. The second kappa shape index (κ2) is 4.57. The van der Waals surface area contributed by atoms with E-state index in [9.17, 15) is 4.79 Å². The summed E-state index contributed by atoms with van der Waals surface area (Å²) in [6, 6.07) is 6.28. The molecular weight excluding hydrogens is 341 g/mol. The molecule has 0 saturated heterocycles. The van der Waals surface area contributed by atoms with Crippen molar-refractivity contribution < 1.29 is 9.53 Å². The number of fused-ring (bicyclic) bond motifs is 1. The lowest BCUT2D eigenvalue weighted by Crippen LogP contribution is -2.06. The molecule has 0 atom stereocenters. The van der Waals surface area contributed by atoms with Gasteiger partial charge in [-0.2, -0.15) is 0 Å². The second-order valence-electron chi connectivity index (χ2n) is 4.58. The molecule has 94 valence electrons. The van der Waals surface area contributed by atoms with Crippen molar-refractivity contribution in [1.29, 1.82) is 0 Å². The van der Waals surface area contributed by atoms with Crippen LogP contribution in [0, 0.1) is 3.57 Å². The minimum atomic E-state index is -0.264. The van der Waals surface area contributed by atoms with E-state index in [0.717, 1.165) is 14.5 Å². The molecule has 4 heteroatoms. The number of rotatable bonds is 3. The van der Waals surface area contributed by atoms with Crippen LogP contribution in [-0.4, -0.2) is 17.6 Å². The normalized spacial score (nSPS) is 15.0. The van der Waals surface area contributed by atoms with Crippen LogP contribution in [0.1, 0.15) is 41.7 Å². The number of halogens is 1. The van der Waals surface area contributed by atoms with Crippen LogP contribution in [0.15, 0.2) is 18.2 Å². The molecule has 0 spiro atoms. The first kappa shape index (κ1) is 12.0. The highest BCUT2D eigenvalue weighted by molar-refractivity contribution is 14.1. The summed E-state index contributed by atoms with van der Waals surface area (Å²) >= 11 is 2.22. The number of hydrogen-bond donors (Lipinski definition) is 1. The molecular formula is C14H14INO2. The zero-order valence-corrected chi connectivity index (χ0v) is 12.3. The van der Waals surface area contributed by atoms with Crippen LogP contribution in [0.3, 0.4) is 0 Å². The number of aromatic amines is 1. The number of H-pyrrole nitrogens is 1. The monoisotopic (exact) mass is 355 g/mol. The molecule has 0 unspecified atom stereocenters. The number of nitrogens with one attached hydrogen (secondary N) is 1. The van der Waals surface area contributed by atoms with Gasteiger partial charge in [0, 0.05) is 5.39 Å². The summed E-state index contributed by atoms with van der Waals surface area (Å²) in [5.74, 6) is 0.401. The standard InChI is InChI=1S/C14H14INO2/c1-2-18-14(17)13-11(15)10-5-3-4-9(8-6-7-8)12(10)16-13/h3-5,8,16H,2,6-7H2,1H3. The van der Waals surface area contributed by atoms with Crippen molar-refractivity contribution in [3.05, 3.63) is 33.0 Å². The average molecular weight is 355 g/mol. The van der Waals surface area contributed by atoms with Gasteiger partial charge in [-0.05, 0) is 53.8 Å². The summed E-state index contributed by atoms with van der Waals surface area (Å²) < 4.78 is 6.04. The Balaban J connectivity index is 2.14. The number of carbonyl (C=O) groups is 1. The van der Waals surface area contributed by atoms with E-state index in [1.807, 2.05) is 6.92 Å². The largest absolute Gasteiger partial charge is 0.461 e. The predicted octanol–water partition coefficient (Wildman–Crippen LogP) is 3.83. The molecule has 1 aliphatic carbocycles. The van der Waals surface area contributed by atoms with Crippen molar-refractivity contribution in [2.75, 3.05) is 6.61 Å². The summed E-state index contributed by atoms with van der Waals surface area (Å²) in [5, 5.41) is 1.13. The molecule has 1 saturated carbocycles. The molecule has 0 bridgehead atoms. The predicted molar refractivity (Wildman–Crippen MR) is 78.9 cm³/mol. The number of carbonyl (C=O) groups excluding carboxylic acids is 1. The SMILES string of the molecule is CCOC(=O)c1[nH]c2c(C3CC3)cccc2c1I. The number of hydrogen-bond acceptors (Lipinski definition) is 2. The lowest BCUT2D eigenvalue weighted by atomic mass is 10.1. The third-order valence-corrected chi connectivity index (χ3v) is 4.42. The topological polar surface area (TPSA) is 42.1 Å². The Morgan fingerprint density at radius 1 is 1.50 bits per heavy atom. The minimum absolute atomic E-state index is 0.264. The van der Waals surface area contributed by atoms with E-state index in [2.05, 4.69) is 45.8 Å². The van der Waals surface area contributed by atoms with Gasteiger partial charge >= 0.3 is 5.97 Å². The highest BCUT2D eigenvalue weighted by Gasteiger charge is 2.27. The zero-order valence-electron chi connectivity index (χ0n) is 10.1. The van der Waals surface area contributed by atoms with Crippen LogP contribution >= 0.6 is 22.6 Å². The maximum absolute atomic E-state index is 11.9. The second-order valence-corrected chi connectivity index (χ2v) is 5.66. The molecule has 2 aromatic rings. The van der Waals surface area contributed by atoms with E-state index in [1.54, 1.807) is 0 Å². The molecule has 1 aromatic heterocycles. The first-order valence-electron chi connectivity index (χ1n) is 6.19. The van der Waals surface area contributed by atoms with E-state index in [0.29, 0.717) is 18.2 Å². The molecule has 18 heavy (non-hydrogen) atoms. The molecule has 1 fully saturated rings. The fraction of sp³-hybridized carbons (Fsp3) is 0.357. The van der Waals surface area contributed by atoms with Gasteiger partial charge in [-0.3, -0.25) is 0 Å². The molecule has 0 radical (unpaired) electrons. The Hall–Kier alpha value is -1.04. The third kappa shape index (κ3) is 1.92. The molecule has 0 amide bonds. The summed E-state index contributed by atoms with van der Waals surface area (Å²) in [5.41, 5.74) is 3.02. The van der Waals surface area contributed by atoms with Crippen molar-refractivity contribution in [2.45, 2.75) is 25.7 Å². The fourth-order valence-corrected chi connectivity index (χ4v) is 3.09. The number of esters is 1. The van der Waals surface area contributed by atoms with Gasteiger partial charge in [0.05, 0.1) is 15.7 Å². The zero-order chi connectivity index (χ0) is 12.7. The van der Waals surface area contributed by atoms with Gasteiger partial charge < -0.3 is 9.72 Å². The van der Waals surface area contributed by atoms with E-state index in [-0.39, 0.29) is 5.97 Å². The molecule has 1 heterocycles. The van der Waals surface area contributed by atoms with Gasteiger partial charge in [-0.1, -0.05) is 18.2 Å². The highest BCUT2D eigenvalue weighted by Crippen LogP contribution is 2.43. The Bertz CT molecular complexity index is 614. The quantitative estimate of drug-likeness (QED) is 0.672. The molecule has 0 aliphatic heterocycles. The van der Waals surface area contributed by atoms with E-state index >= 15 is 0 Å². The first-order valence-corrected chi connectivity index (χ1v) is 7.27. The minimum Gasteiger partial charge on any atom is -0.461 e. The van der Waals surface area contributed by atoms with Gasteiger partial charge in [0.15, 0.2) is 0 Å². The molecule has 3 rings (SSSR count). The van der Waals surface area contributed by atoms with Gasteiger partial charge in [0.25, 0.3) is 0 Å². The number of benzene rings is 1. The third-order valence-electron chi connectivity index (χ3n) is 3.30. The van der Waals surface area contributed by atoms with Crippen LogP contribution in [0.25, 0.3) is 10.9 Å². The summed E-state index contributed by atoms with van der Waals surface area (Å²) in [6.45, 7) is 2.23. The number of aromatic nitrogens is 1. The van der Waals surface area contributed by atoms with E-state index in [4.69, 9.17) is 4.74 Å². The first-order chi connectivity index (χ1) is 8.72. The van der Waals surface area contributed by atoms with Crippen molar-refractivity contribution in [3.8, 4) is 0 Å². The van der Waals surface area contributed by atoms with Crippen molar-refractivity contribution in [1.82, 2.24) is 4.98 Å². The van der Waals surface area contributed by atoms with Crippen molar-refractivity contribution >= 4 is 39.5 Å². The molecule has 3 nitrogen and oxygen atoms in total. The van der Waals surface area contributed by atoms with Crippen LogP contribution in [-0.2, 0) is 4.74 Å². The summed E-state index contributed by atoms with van der Waals surface area (Å²) in [7, 11) is 0. The lowest BCUT2D eigenvalue weighted by molar-refractivity contribution is 0.0519. The lowest BCUT2D eigenvalue weighted by Gasteiger charge is -1.99. The Morgan fingerprint density at radius 3 is 2.94 bits per heavy atom. The average Bonchev–Trinajstić information content (AvgIpc) is 3.14. The Morgan fingerprint density at radius 2 is 2.28 bits per heavy atom. The van der Waals surface area contributed by atoms with E-state index < -0.39 is 0 Å². The summed E-state index contributed by atoms with van der Waals surface area (Å²) in [4.78, 5) is 15.1. The maximum atomic E-state index is 11.9. The van der Waals surface area contributed by atoms with Gasteiger partial charge in [0.2, 0.25) is 0 Å². The fourth-order valence-electron chi connectivity index (χ4n) is 2.29. The van der Waals surface area contributed by atoms with Crippen molar-refractivity contribution in [2.24, 2.45) is 0 Å². The molecule has 1 N–H and O–H groups in total. The van der Waals surface area contributed by atoms with Crippen LogP contribution < -0.4 is 0 Å². The van der Waals surface area contributed by atoms with Gasteiger partial charge in [-0.15, -0.1) is 0 Å². The Labute approximate surface area is 119 Å². The van der Waals surface area contributed by atoms with E-state index in [1.165, 1.54) is 18.4 Å². The van der Waals surface area contributed by atoms with Crippen LogP contribution in [0.4, 0.5) is 0 Å². The maximum Gasteiger partial charge on any atom is 0.355 e. The number of ether oxygens (including phenoxy) is 1. The highest BCUT2D eigenvalue weighted by atomic mass is 127. The van der Waals surface area contributed by atoms with Crippen LogP contribution in [0.5, 0.6) is 0 Å². The van der Waals surface area contributed by atoms with Crippen LogP contribution in [0.2, 0.25) is 0 Å². The molecule has 1 aromatic carbocycles. The molecule has 1 aliphatic rings.